The first-order valence-electron chi connectivity index (χ1n) is 9.42. The number of hydrogen-bond donors (Lipinski definition) is 1. The SMILES string of the molecule is CCCCOC(=O)c1ccc(NC(=O)c2ccc(N(CC)S(C)(=O)=O)cc2)cc1. The molecule has 0 bridgehead atoms. The van der Waals surface area contributed by atoms with Crippen LogP contribution in [0.5, 0.6) is 0 Å². The largest absolute Gasteiger partial charge is 0.462 e. The number of unbranched alkanes of at least 4 members (excludes halogenated alkanes) is 1. The number of rotatable bonds is 9. The molecule has 2 aromatic carbocycles. The molecule has 7 nitrogen and oxygen atoms in total. The van der Waals surface area contributed by atoms with Crippen molar-refractivity contribution in [2.24, 2.45) is 0 Å². The Kier molecular flexibility index (Phi) is 7.78. The lowest BCUT2D eigenvalue weighted by Crippen LogP contribution is -2.29. The summed E-state index contributed by atoms with van der Waals surface area (Å²) in [6, 6.07) is 12.8. The number of carbonyl (C=O) groups is 2. The molecular formula is C21H26N2O5S. The van der Waals surface area contributed by atoms with Crippen molar-refractivity contribution < 1.29 is 22.7 Å². The molecular weight excluding hydrogens is 392 g/mol. The summed E-state index contributed by atoms with van der Waals surface area (Å²) in [5, 5.41) is 2.75. The predicted octanol–water partition coefficient (Wildman–Crippen LogP) is 3.68. The van der Waals surface area contributed by atoms with Gasteiger partial charge >= 0.3 is 5.97 Å². The van der Waals surface area contributed by atoms with Crippen LogP contribution in [0.25, 0.3) is 0 Å². The van der Waals surface area contributed by atoms with Crippen LogP contribution in [-0.2, 0) is 14.8 Å². The highest BCUT2D eigenvalue weighted by atomic mass is 32.2. The van der Waals surface area contributed by atoms with Gasteiger partial charge in [0.05, 0.1) is 24.1 Å². The summed E-state index contributed by atoms with van der Waals surface area (Å²) in [5.74, 6) is -0.726. The van der Waals surface area contributed by atoms with Gasteiger partial charge in [0, 0.05) is 17.8 Å². The Labute approximate surface area is 171 Å². The van der Waals surface area contributed by atoms with Crippen molar-refractivity contribution in [2.75, 3.05) is 29.0 Å². The van der Waals surface area contributed by atoms with Crippen LogP contribution in [0.2, 0.25) is 0 Å². The molecule has 8 heteroatoms. The summed E-state index contributed by atoms with van der Waals surface area (Å²) in [7, 11) is -3.37. The molecule has 156 valence electrons. The Bertz CT molecular complexity index is 938. The highest BCUT2D eigenvalue weighted by Crippen LogP contribution is 2.19. The van der Waals surface area contributed by atoms with Gasteiger partial charge in [-0.05, 0) is 61.9 Å². The molecule has 0 aliphatic carbocycles. The second-order valence-electron chi connectivity index (χ2n) is 6.50. The maximum absolute atomic E-state index is 12.4. The molecule has 0 saturated heterocycles. The van der Waals surface area contributed by atoms with Gasteiger partial charge in [-0.25, -0.2) is 13.2 Å². The van der Waals surface area contributed by atoms with Crippen molar-refractivity contribution in [2.45, 2.75) is 26.7 Å². The zero-order chi connectivity index (χ0) is 21.4. The van der Waals surface area contributed by atoms with Crippen LogP contribution < -0.4 is 9.62 Å². The normalized spacial score (nSPS) is 11.0. The van der Waals surface area contributed by atoms with Crippen molar-refractivity contribution in [1.82, 2.24) is 0 Å². The van der Waals surface area contributed by atoms with Crippen molar-refractivity contribution >= 4 is 33.3 Å². The topological polar surface area (TPSA) is 92.8 Å². The molecule has 0 unspecified atom stereocenters. The van der Waals surface area contributed by atoms with E-state index in [2.05, 4.69) is 5.32 Å². The van der Waals surface area contributed by atoms with Gasteiger partial charge in [-0.1, -0.05) is 13.3 Å². The van der Waals surface area contributed by atoms with Crippen LogP contribution in [0, 0.1) is 0 Å². The van der Waals surface area contributed by atoms with Gasteiger partial charge in [0.2, 0.25) is 10.0 Å². The molecule has 0 saturated carbocycles. The van der Waals surface area contributed by atoms with Gasteiger partial charge in [-0.3, -0.25) is 9.10 Å². The Balaban J connectivity index is 2.02. The molecule has 0 radical (unpaired) electrons. The van der Waals surface area contributed by atoms with Gasteiger partial charge in [0.25, 0.3) is 5.91 Å². The molecule has 0 aromatic heterocycles. The van der Waals surface area contributed by atoms with Crippen LogP contribution in [0.3, 0.4) is 0 Å². The van der Waals surface area contributed by atoms with Gasteiger partial charge in [0.15, 0.2) is 0 Å². The summed E-state index contributed by atoms with van der Waals surface area (Å²) in [4.78, 5) is 24.3. The van der Waals surface area contributed by atoms with Gasteiger partial charge in [-0.15, -0.1) is 0 Å². The van der Waals surface area contributed by atoms with E-state index >= 15 is 0 Å². The highest BCUT2D eigenvalue weighted by Gasteiger charge is 2.16. The van der Waals surface area contributed by atoms with Gasteiger partial charge in [0.1, 0.15) is 0 Å². The second-order valence-corrected chi connectivity index (χ2v) is 8.40. The molecule has 0 atom stereocenters. The molecule has 1 amide bonds. The smallest absolute Gasteiger partial charge is 0.338 e. The third-order valence-electron chi connectivity index (χ3n) is 4.21. The third kappa shape index (κ3) is 6.32. The number of anilines is 2. The number of sulfonamides is 1. The Morgan fingerprint density at radius 2 is 1.55 bits per heavy atom. The lowest BCUT2D eigenvalue weighted by Gasteiger charge is -2.20. The van der Waals surface area contributed by atoms with Crippen LogP contribution in [0.15, 0.2) is 48.5 Å². The van der Waals surface area contributed by atoms with E-state index in [9.17, 15) is 18.0 Å². The summed E-state index contributed by atoms with van der Waals surface area (Å²) in [5.41, 5.74) is 1.85. The lowest BCUT2D eigenvalue weighted by atomic mass is 10.1. The number of benzene rings is 2. The van der Waals surface area contributed by atoms with Gasteiger partial charge < -0.3 is 10.1 Å². The first-order valence-corrected chi connectivity index (χ1v) is 11.3. The zero-order valence-corrected chi connectivity index (χ0v) is 17.7. The molecule has 2 rings (SSSR count). The molecule has 2 aromatic rings. The number of hydrogen-bond acceptors (Lipinski definition) is 5. The van der Waals surface area contributed by atoms with Crippen LogP contribution in [-0.4, -0.2) is 39.7 Å². The molecule has 0 aliphatic rings. The monoisotopic (exact) mass is 418 g/mol. The fourth-order valence-electron chi connectivity index (χ4n) is 2.67. The minimum absolute atomic E-state index is 0.303. The number of nitrogens with one attached hydrogen (secondary N) is 1. The fourth-order valence-corrected chi connectivity index (χ4v) is 3.65. The zero-order valence-electron chi connectivity index (χ0n) is 16.8. The summed E-state index contributed by atoms with van der Waals surface area (Å²) in [6.45, 7) is 4.45. The first kappa shape index (κ1) is 22.4. The maximum atomic E-state index is 12.4. The van der Waals surface area contributed by atoms with Crippen molar-refractivity contribution in [3.05, 3.63) is 59.7 Å². The Morgan fingerprint density at radius 3 is 2.07 bits per heavy atom. The van der Waals surface area contributed by atoms with Gasteiger partial charge in [-0.2, -0.15) is 0 Å². The van der Waals surface area contributed by atoms with E-state index in [1.165, 1.54) is 4.31 Å². The Hall–Kier alpha value is -2.87. The Morgan fingerprint density at radius 1 is 0.966 bits per heavy atom. The third-order valence-corrected chi connectivity index (χ3v) is 5.48. The van der Waals surface area contributed by atoms with E-state index in [0.29, 0.717) is 35.7 Å². The molecule has 1 N–H and O–H groups in total. The standard InChI is InChI=1S/C21H26N2O5S/c1-4-6-15-28-21(25)17-7-11-18(12-8-17)22-20(24)16-9-13-19(14-10-16)23(5-2)29(3,26)27/h7-14H,4-6,15H2,1-3H3,(H,22,24). The van der Waals surface area contributed by atoms with E-state index in [4.69, 9.17) is 4.74 Å². The van der Waals surface area contributed by atoms with Crippen molar-refractivity contribution in [3.8, 4) is 0 Å². The molecule has 0 heterocycles. The summed E-state index contributed by atoms with van der Waals surface area (Å²) < 4.78 is 30.0. The molecule has 0 aliphatic heterocycles. The van der Waals surface area contributed by atoms with E-state index < -0.39 is 16.0 Å². The number of carbonyl (C=O) groups excluding carboxylic acids is 2. The highest BCUT2D eigenvalue weighted by molar-refractivity contribution is 7.92. The minimum Gasteiger partial charge on any atom is -0.462 e. The summed E-state index contributed by atoms with van der Waals surface area (Å²) >= 11 is 0. The average Bonchev–Trinajstić information content (AvgIpc) is 2.68. The number of esters is 1. The van der Waals surface area contributed by atoms with Crippen LogP contribution in [0.1, 0.15) is 47.4 Å². The van der Waals surface area contributed by atoms with E-state index in [1.54, 1.807) is 55.5 Å². The molecule has 0 fully saturated rings. The quantitative estimate of drug-likeness (QED) is 0.495. The van der Waals surface area contributed by atoms with E-state index in [-0.39, 0.29) is 5.91 Å². The average molecular weight is 419 g/mol. The van der Waals surface area contributed by atoms with Crippen molar-refractivity contribution in [1.29, 1.82) is 0 Å². The molecule has 0 spiro atoms. The van der Waals surface area contributed by atoms with E-state index in [0.717, 1.165) is 19.1 Å². The molecule has 29 heavy (non-hydrogen) atoms. The predicted molar refractivity (Wildman–Crippen MR) is 114 cm³/mol. The number of nitrogens with zero attached hydrogens (tertiary/aromatic N) is 1. The minimum atomic E-state index is -3.37. The first-order chi connectivity index (χ1) is 13.8. The number of amides is 1. The van der Waals surface area contributed by atoms with Crippen LogP contribution >= 0.6 is 0 Å². The second kappa shape index (κ2) is 10.1. The summed E-state index contributed by atoms with van der Waals surface area (Å²) in [6.07, 6.45) is 2.91. The van der Waals surface area contributed by atoms with Crippen molar-refractivity contribution in [3.63, 3.8) is 0 Å². The maximum Gasteiger partial charge on any atom is 0.338 e. The van der Waals surface area contributed by atoms with Crippen LogP contribution in [0.4, 0.5) is 11.4 Å². The fraction of sp³-hybridized carbons (Fsp3) is 0.333. The van der Waals surface area contributed by atoms with E-state index in [1.807, 2.05) is 6.92 Å². The lowest BCUT2D eigenvalue weighted by molar-refractivity contribution is 0.0499. The number of ether oxygens (including phenoxy) is 1.